The Morgan fingerprint density at radius 2 is 2.05 bits per heavy atom. The van der Waals surface area contributed by atoms with Crippen LogP contribution in [-0.4, -0.2) is 25.6 Å². The lowest BCUT2D eigenvalue weighted by Crippen LogP contribution is -2.13. The summed E-state index contributed by atoms with van der Waals surface area (Å²) in [5.74, 6) is -0.284. The van der Waals surface area contributed by atoms with Crippen molar-refractivity contribution in [3.05, 3.63) is 53.3 Å². The zero-order valence-electron chi connectivity index (χ0n) is 12.2. The summed E-state index contributed by atoms with van der Waals surface area (Å²) >= 11 is 0. The quantitative estimate of drug-likeness (QED) is 0.942. The Labute approximate surface area is 129 Å². The second-order valence-corrected chi connectivity index (χ2v) is 7.45. The zero-order valence-corrected chi connectivity index (χ0v) is 13.0. The fraction of sp³-hybridized carbons (Fsp3) is 0.250. The van der Waals surface area contributed by atoms with Gasteiger partial charge in [-0.25, -0.2) is 8.42 Å². The maximum Gasteiger partial charge on any atom is 0.257 e. The summed E-state index contributed by atoms with van der Waals surface area (Å²) in [5.41, 5.74) is 3.13. The van der Waals surface area contributed by atoms with Crippen LogP contribution in [0, 0.1) is 0 Å². The normalized spacial score (nSPS) is 13.7. The van der Waals surface area contributed by atoms with Crippen LogP contribution in [0.3, 0.4) is 0 Å². The highest BCUT2D eigenvalue weighted by atomic mass is 32.2. The van der Waals surface area contributed by atoms with Crippen LogP contribution in [0.15, 0.2) is 41.4 Å². The predicted molar refractivity (Wildman–Crippen MR) is 83.8 cm³/mol. The van der Waals surface area contributed by atoms with Gasteiger partial charge in [0.15, 0.2) is 9.84 Å². The summed E-state index contributed by atoms with van der Waals surface area (Å²) in [4.78, 5) is 16.8. The molecule has 0 radical (unpaired) electrons. The van der Waals surface area contributed by atoms with Gasteiger partial charge in [0.25, 0.3) is 5.91 Å². The van der Waals surface area contributed by atoms with Gasteiger partial charge in [0.05, 0.1) is 10.5 Å². The molecule has 1 aliphatic rings. The lowest BCUT2D eigenvalue weighted by atomic mass is 10.1. The Hall–Kier alpha value is -2.21. The summed E-state index contributed by atoms with van der Waals surface area (Å²) in [6.07, 6.45) is 5.70. The van der Waals surface area contributed by atoms with E-state index in [2.05, 4.69) is 10.3 Å². The number of carbonyl (C=O) groups excluding carboxylic acids is 1. The summed E-state index contributed by atoms with van der Waals surface area (Å²) in [7, 11) is -3.30. The largest absolute Gasteiger partial charge is 0.322 e. The Morgan fingerprint density at radius 3 is 2.82 bits per heavy atom. The first kappa shape index (κ1) is 14.7. The number of fused-ring (bicyclic) bond motifs is 1. The average Bonchev–Trinajstić information content (AvgIpc) is 2.94. The number of nitrogens with zero attached hydrogens (tertiary/aromatic N) is 1. The van der Waals surface area contributed by atoms with E-state index in [0.717, 1.165) is 36.8 Å². The molecule has 0 unspecified atom stereocenters. The van der Waals surface area contributed by atoms with Crippen LogP contribution in [-0.2, 0) is 22.7 Å². The minimum Gasteiger partial charge on any atom is -0.322 e. The van der Waals surface area contributed by atoms with Crippen LogP contribution in [0.25, 0.3) is 0 Å². The molecule has 0 saturated carbocycles. The van der Waals surface area contributed by atoms with Crippen molar-refractivity contribution in [1.82, 2.24) is 4.98 Å². The van der Waals surface area contributed by atoms with E-state index in [-0.39, 0.29) is 10.8 Å². The molecule has 0 spiro atoms. The summed E-state index contributed by atoms with van der Waals surface area (Å²) in [6.45, 7) is 0. The van der Waals surface area contributed by atoms with Crippen molar-refractivity contribution >= 4 is 21.4 Å². The van der Waals surface area contributed by atoms with E-state index in [1.807, 2.05) is 6.07 Å². The highest BCUT2D eigenvalue weighted by Crippen LogP contribution is 2.21. The summed E-state index contributed by atoms with van der Waals surface area (Å²) in [6, 6.07) is 8.08. The van der Waals surface area contributed by atoms with Crippen LogP contribution in [0.4, 0.5) is 5.69 Å². The van der Waals surface area contributed by atoms with Crippen molar-refractivity contribution in [2.45, 2.75) is 24.2 Å². The third-order valence-corrected chi connectivity index (χ3v) is 4.81. The number of rotatable bonds is 3. The molecule has 0 aliphatic heterocycles. The van der Waals surface area contributed by atoms with Gasteiger partial charge in [0, 0.05) is 23.8 Å². The molecule has 1 amide bonds. The number of sulfone groups is 1. The first-order valence-electron chi connectivity index (χ1n) is 7.03. The van der Waals surface area contributed by atoms with Crippen molar-refractivity contribution in [2.75, 3.05) is 11.6 Å². The average molecular weight is 316 g/mol. The molecular weight excluding hydrogens is 300 g/mol. The van der Waals surface area contributed by atoms with E-state index in [1.54, 1.807) is 18.3 Å². The monoisotopic (exact) mass is 316 g/mol. The number of nitrogens with one attached hydrogen (secondary N) is 1. The van der Waals surface area contributed by atoms with Gasteiger partial charge in [-0.1, -0.05) is 6.07 Å². The lowest BCUT2D eigenvalue weighted by Gasteiger charge is -2.08. The Kier molecular flexibility index (Phi) is 3.70. The molecule has 1 N–H and O–H groups in total. The number of amides is 1. The molecule has 3 rings (SSSR count). The van der Waals surface area contributed by atoms with Crippen molar-refractivity contribution in [3.8, 4) is 0 Å². The number of carbonyl (C=O) groups is 1. The number of pyridine rings is 1. The third kappa shape index (κ3) is 3.01. The van der Waals surface area contributed by atoms with E-state index in [9.17, 15) is 13.2 Å². The van der Waals surface area contributed by atoms with Gasteiger partial charge in [-0.15, -0.1) is 0 Å². The molecule has 0 fully saturated rings. The van der Waals surface area contributed by atoms with E-state index >= 15 is 0 Å². The number of hydrogen-bond acceptors (Lipinski definition) is 4. The van der Waals surface area contributed by atoms with E-state index in [0.29, 0.717) is 11.3 Å². The molecular formula is C16H16N2O3S. The summed E-state index contributed by atoms with van der Waals surface area (Å²) < 4.78 is 23.1. The van der Waals surface area contributed by atoms with Crippen molar-refractivity contribution in [1.29, 1.82) is 0 Å². The molecule has 6 heteroatoms. The molecule has 1 aliphatic carbocycles. The van der Waals surface area contributed by atoms with Crippen LogP contribution in [0.5, 0.6) is 0 Å². The van der Waals surface area contributed by atoms with Crippen LogP contribution >= 0.6 is 0 Å². The second-order valence-electron chi connectivity index (χ2n) is 5.44. The third-order valence-electron chi connectivity index (χ3n) is 3.70. The van der Waals surface area contributed by atoms with E-state index in [4.69, 9.17) is 0 Å². The fourth-order valence-corrected chi connectivity index (χ4v) is 3.23. The molecule has 1 aromatic carbocycles. The van der Waals surface area contributed by atoms with Gasteiger partial charge < -0.3 is 5.32 Å². The molecule has 5 nitrogen and oxygen atoms in total. The van der Waals surface area contributed by atoms with Crippen molar-refractivity contribution in [2.24, 2.45) is 0 Å². The van der Waals surface area contributed by atoms with Gasteiger partial charge >= 0.3 is 0 Å². The number of hydrogen-bond donors (Lipinski definition) is 1. The molecule has 114 valence electrons. The highest BCUT2D eigenvalue weighted by molar-refractivity contribution is 7.90. The highest BCUT2D eigenvalue weighted by Gasteiger charge is 2.16. The SMILES string of the molecule is CS(=O)(=O)c1cccc(NC(=O)c2cnc3c(c2)CCC3)c1. The summed E-state index contributed by atoms with van der Waals surface area (Å²) in [5, 5.41) is 2.72. The standard InChI is InChI=1S/C16H16N2O3S/c1-22(20,21)14-6-3-5-13(9-14)18-16(19)12-8-11-4-2-7-15(11)17-10-12/h3,5-6,8-10H,2,4,7H2,1H3,(H,18,19). The van der Waals surface area contributed by atoms with Gasteiger partial charge in [0.2, 0.25) is 0 Å². The molecule has 1 heterocycles. The number of aryl methyl sites for hydroxylation is 2. The number of aromatic nitrogens is 1. The fourth-order valence-electron chi connectivity index (χ4n) is 2.56. The van der Waals surface area contributed by atoms with Crippen molar-refractivity contribution < 1.29 is 13.2 Å². The second kappa shape index (κ2) is 5.53. The first-order chi connectivity index (χ1) is 10.4. The van der Waals surface area contributed by atoms with E-state index in [1.165, 1.54) is 12.1 Å². The minimum atomic E-state index is -3.30. The molecule has 0 bridgehead atoms. The Bertz CT molecular complexity index is 844. The molecule has 1 aromatic heterocycles. The minimum absolute atomic E-state index is 0.178. The first-order valence-corrected chi connectivity index (χ1v) is 8.92. The van der Waals surface area contributed by atoms with Crippen LogP contribution in [0.1, 0.15) is 28.0 Å². The van der Waals surface area contributed by atoms with Gasteiger partial charge in [-0.3, -0.25) is 9.78 Å². The number of benzene rings is 1. The van der Waals surface area contributed by atoms with Crippen LogP contribution < -0.4 is 5.32 Å². The lowest BCUT2D eigenvalue weighted by molar-refractivity contribution is 0.102. The number of anilines is 1. The Morgan fingerprint density at radius 1 is 1.23 bits per heavy atom. The van der Waals surface area contributed by atoms with Crippen molar-refractivity contribution in [3.63, 3.8) is 0 Å². The molecule has 2 aromatic rings. The topological polar surface area (TPSA) is 76.1 Å². The van der Waals surface area contributed by atoms with Crippen LogP contribution in [0.2, 0.25) is 0 Å². The zero-order chi connectivity index (χ0) is 15.7. The van der Waals surface area contributed by atoms with Gasteiger partial charge in [-0.2, -0.15) is 0 Å². The molecule has 22 heavy (non-hydrogen) atoms. The maximum atomic E-state index is 12.3. The van der Waals surface area contributed by atoms with Gasteiger partial charge in [0.1, 0.15) is 0 Å². The molecule has 0 atom stereocenters. The predicted octanol–water partition coefficient (Wildman–Crippen LogP) is 2.23. The molecule has 0 saturated heterocycles. The maximum absolute atomic E-state index is 12.3. The van der Waals surface area contributed by atoms with Gasteiger partial charge in [-0.05, 0) is 49.1 Å². The van der Waals surface area contributed by atoms with E-state index < -0.39 is 9.84 Å². The Balaban J connectivity index is 1.83. The smallest absolute Gasteiger partial charge is 0.257 e.